The van der Waals surface area contributed by atoms with E-state index in [0.717, 1.165) is 31.6 Å². The highest BCUT2D eigenvalue weighted by atomic mass is 16.1. The highest BCUT2D eigenvalue weighted by Gasteiger charge is 2.45. The van der Waals surface area contributed by atoms with Crippen LogP contribution >= 0.6 is 0 Å². The van der Waals surface area contributed by atoms with E-state index in [1.165, 1.54) is 5.56 Å². The van der Waals surface area contributed by atoms with E-state index in [-0.39, 0.29) is 5.41 Å². The van der Waals surface area contributed by atoms with Gasteiger partial charge in [-0.1, -0.05) is 36.8 Å². The van der Waals surface area contributed by atoms with E-state index in [0.29, 0.717) is 12.2 Å². The van der Waals surface area contributed by atoms with Crippen molar-refractivity contribution in [3.63, 3.8) is 0 Å². The van der Waals surface area contributed by atoms with Crippen molar-refractivity contribution in [3.8, 4) is 0 Å². The van der Waals surface area contributed by atoms with Crippen LogP contribution in [0.5, 0.6) is 0 Å². The van der Waals surface area contributed by atoms with Crippen LogP contribution in [0.2, 0.25) is 0 Å². The minimum atomic E-state index is -0.258. The number of carbonyl (C=O) groups excluding carboxylic acids is 1. The van der Waals surface area contributed by atoms with Crippen molar-refractivity contribution in [1.29, 1.82) is 0 Å². The molecular formula is C17H20N2O. The van der Waals surface area contributed by atoms with Crippen LogP contribution in [0, 0.1) is 0 Å². The number of benzene rings is 1. The van der Waals surface area contributed by atoms with Gasteiger partial charge in [0.2, 0.25) is 0 Å². The summed E-state index contributed by atoms with van der Waals surface area (Å²) < 4.78 is 2.05. The number of aromatic nitrogens is 2. The largest absolute Gasteiger partial charge is 0.335 e. The van der Waals surface area contributed by atoms with Crippen molar-refractivity contribution in [2.75, 3.05) is 0 Å². The summed E-state index contributed by atoms with van der Waals surface area (Å²) >= 11 is 0. The summed E-state index contributed by atoms with van der Waals surface area (Å²) in [5, 5.41) is 0. The van der Waals surface area contributed by atoms with E-state index in [1.807, 2.05) is 24.4 Å². The van der Waals surface area contributed by atoms with Gasteiger partial charge in [0.05, 0.1) is 11.8 Å². The number of ketones is 1. The Morgan fingerprint density at radius 1 is 1.30 bits per heavy atom. The number of imidazole rings is 1. The highest BCUT2D eigenvalue weighted by molar-refractivity contribution is 5.92. The van der Waals surface area contributed by atoms with Gasteiger partial charge < -0.3 is 4.57 Å². The van der Waals surface area contributed by atoms with Crippen LogP contribution < -0.4 is 0 Å². The molecule has 1 aliphatic rings. The first-order valence-corrected chi connectivity index (χ1v) is 7.35. The first-order chi connectivity index (χ1) is 9.76. The summed E-state index contributed by atoms with van der Waals surface area (Å²) in [4.78, 5) is 17.2. The topological polar surface area (TPSA) is 34.9 Å². The minimum absolute atomic E-state index is 0.258. The second-order valence-corrected chi connectivity index (χ2v) is 5.53. The second kappa shape index (κ2) is 5.23. The molecule has 1 fully saturated rings. The third-order valence-electron chi connectivity index (χ3n) is 4.53. The van der Waals surface area contributed by atoms with E-state index in [1.54, 1.807) is 6.20 Å². The van der Waals surface area contributed by atoms with E-state index >= 15 is 0 Å². The Morgan fingerprint density at radius 3 is 2.65 bits per heavy atom. The summed E-state index contributed by atoms with van der Waals surface area (Å²) in [7, 11) is 0. The van der Waals surface area contributed by atoms with Gasteiger partial charge in [-0.2, -0.15) is 0 Å². The quantitative estimate of drug-likeness (QED) is 0.835. The second-order valence-electron chi connectivity index (χ2n) is 5.53. The van der Waals surface area contributed by atoms with Gasteiger partial charge in [0.25, 0.3) is 0 Å². The standard InChI is InChI=1S/C17H20N2O/c1-2-19-12-11-18-16(19)13-15(20)17(9-6-10-17)14-7-4-3-5-8-14/h3-5,7-8,11-12H,2,6,9-10,13H2,1H3. The Hall–Kier alpha value is -1.90. The van der Waals surface area contributed by atoms with Crippen LogP contribution in [0.4, 0.5) is 0 Å². The average molecular weight is 268 g/mol. The first kappa shape index (κ1) is 13.1. The maximum atomic E-state index is 12.8. The molecule has 0 spiro atoms. The molecule has 0 radical (unpaired) electrons. The molecule has 104 valence electrons. The predicted molar refractivity (Wildman–Crippen MR) is 78.6 cm³/mol. The zero-order valence-corrected chi connectivity index (χ0v) is 11.9. The van der Waals surface area contributed by atoms with Gasteiger partial charge in [0.1, 0.15) is 5.82 Å². The lowest BCUT2D eigenvalue weighted by Gasteiger charge is -2.41. The molecule has 1 saturated carbocycles. The van der Waals surface area contributed by atoms with Crippen LogP contribution in [0.1, 0.15) is 37.6 Å². The van der Waals surface area contributed by atoms with Gasteiger partial charge in [-0.05, 0) is 25.3 Å². The number of hydrogen-bond acceptors (Lipinski definition) is 2. The Labute approximate surface area is 119 Å². The van der Waals surface area contributed by atoms with Crippen LogP contribution in [0.25, 0.3) is 0 Å². The SMILES string of the molecule is CCn1ccnc1CC(=O)C1(c2ccccc2)CCC1. The fourth-order valence-corrected chi connectivity index (χ4v) is 3.12. The molecule has 20 heavy (non-hydrogen) atoms. The molecule has 0 N–H and O–H groups in total. The molecule has 0 amide bonds. The lowest BCUT2D eigenvalue weighted by Crippen LogP contribution is -2.43. The zero-order chi connectivity index (χ0) is 14.0. The van der Waals surface area contributed by atoms with E-state index in [2.05, 4.69) is 28.6 Å². The van der Waals surface area contributed by atoms with E-state index in [4.69, 9.17) is 0 Å². The Balaban J connectivity index is 1.85. The Kier molecular flexibility index (Phi) is 3.43. The Morgan fingerprint density at radius 2 is 2.05 bits per heavy atom. The van der Waals surface area contributed by atoms with Crippen molar-refractivity contribution >= 4 is 5.78 Å². The molecule has 1 aliphatic carbocycles. The Bertz CT molecular complexity index is 596. The van der Waals surface area contributed by atoms with Crippen LogP contribution in [0.15, 0.2) is 42.7 Å². The highest BCUT2D eigenvalue weighted by Crippen LogP contribution is 2.45. The van der Waals surface area contributed by atoms with Crippen molar-refractivity contribution in [3.05, 3.63) is 54.1 Å². The molecular weight excluding hydrogens is 248 g/mol. The van der Waals surface area contributed by atoms with Gasteiger partial charge in [-0.3, -0.25) is 4.79 Å². The molecule has 0 unspecified atom stereocenters. The molecule has 1 heterocycles. The van der Waals surface area contributed by atoms with Crippen molar-refractivity contribution in [1.82, 2.24) is 9.55 Å². The summed E-state index contributed by atoms with van der Waals surface area (Å²) in [5.74, 6) is 1.20. The number of nitrogens with zero attached hydrogens (tertiary/aromatic N) is 2. The number of rotatable bonds is 5. The van der Waals surface area contributed by atoms with Gasteiger partial charge >= 0.3 is 0 Å². The van der Waals surface area contributed by atoms with Crippen LogP contribution in [-0.2, 0) is 23.2 Å². The number of hydrogen-bond donors (Lipinski definition) is 0. The molecule has 2 aromatic rings. The maximum absolute atomic E-state index is 12.8. The summed E-state index contributed by atoms with van der Waals surface area (Å²) in [6, 6.07) is 10.2. The molecule has 0 bridgehead atoms. The average Bonchev–Trinajstić information content (AvgIpc) is 2.86. The fraction of sp³-hybridized carbons (Fsp3) is 0.412. The summed E-state index contributed by atoms with van der Waals surface area (Å²) in [5.41, 5.74) is 0.914. The lowest BCUT2D eigenvalue weighted by molar-refractivity contribution is -0.127. The van der Waals surface area contributed by atoms with Gasteiger partial charge in [0, 0.05) is 18.9 Å². The lowest BCUT2D eigenvalue weighted by atomic mass is 9.61. The number of carbonyl (C=O) groups is 1. The van der Waals surface area contributed by atoms with Gasteiger partial charge in [-0.15, -0.1) is 0 Å². The summed E-state index contributed by atoms with van der Waals surface area (Å²) in [6.45, 7) is 2.94. The number of Topliss-reactive ketones (excluding diaryl/α,β-unsaturated/α-hetero) is 1. The number of aryl methyl sites for hydroxylation is 1. The normalized spacial score (nSPS) is 16.6. The van der Waals surface area contributed by atoms with Crippen LogP contribution in [0.3, 0.4) is 0 Å². The summed E-state index contributed by atoms with van der Waals surface area (Å²) in [6.07, 6.45) is 7.25. The molecule has 3 heteroatoms. The fourth-order valence-electron chi connectivity index (χ4n) is 3.12. The zero-order valence-electron chi connectivity index (χ0n) is 11.9. The molecule has 1 aromatic heterocycles. The molecule has 0 saturated heterocycles. The van der Waals surface area contributed by atoms with Gasteiger partial charge in [-0.25, -0.2) is 4.98 Å². The molecule has 3 nitrogen and oxygen atoms in total. The van der Waals surface area contributed by atoms with Crippen LogP contribution in [-0.4, -0.2) is 15.3 Å². The van der Waals surface area contributed by atoms with Crippen molar-refractivity contribution in [2.24, 2.45) is 0 Å². The maximum Gasteiger partial charge on any atom is 0.150 e. The minimum Gasteiger partial charge on any atom is -0.335 e. The van der Waals surface area contributed by atoms with Crippen molar-refractivity contribution in [2.45, 2.75) is 44.6 Å². The molecule has 0 atom stereocenters. The van der Waals surface area contributed by atoms with Gasteiger partial charge in [0.15, 0.2) is 5.78 Å². The molecule has 1 aromatic carbocycles. The molecule has 0 aliphatic heterocycles. The smallest absolute Gasteiger partial charge is 0.150 e. The van der Waals surface area contributed by atoms with E-state index < -0.39 is 0 Å². The van der Waals surface area contributed by atoms with Crippen molar-refractivity contribution < 1.29 is 4.79 Å². The third-order valence-corrected chi connectivity index (χ3v) is 4.53. The van der Waals surface area contributed by atoms with E-state index in [9.17, 15) is 4.79 Å². The first-order valence-electron chi connectivity index (χ1n) is 7.35. The molecule has 3 rings (SSSR count). The monoisotopic (exact) mass is 268 g/mol. The third kappa shape index (κ3) is 2.07. The predicted octanol–water partition coefficient (Wildman–Crippen LogP) is 3.14.